The molecule has 0 heteroatoms. The van der Waals surface area contributed by atoms with Crippen LogP contribution < -0.4 is 0 Å². The number of hydrogen-bond acceptors (Lipinski definition) is 0. The monoisotopic (exact) mass is 689 g/mol. The first-order valence-electron chi connectivity index (χ1n) is 24.3. The second-order valence-electron chi connectivity index (χ2n) is 17.2. The number of hydrogen-bond donors (Lipinski definition) is 0. The van der Waals surface area contributed by atoms with Crippen LogP contribution in [-0.2, 0) is 0 Å². The molecule has 0 rings (SSSR count). The molecule has 0 aliphatic carbocycles. The van der Waals surface area contributed by atoms with Crippen LogP contribution in [0.25, 0.3) is 0 Å². The Kier molecular flexibility index (Phi) is 44.2. The maximum atomic E-state index is 2.64. The van der Waals surface area contributed by atoms with E-state index in [0.717, 1.165) is 11.8 Å². The van der Waals surface area contributed by atoms with Gasteiger partial charge in [0.2, 0.25) is 0 Å². The van der Waals surface area contributed by atoms with E-state index < -0.39 is 0 Å². The smallest absolute Gasteiger partial charge is 0.0388 e. The summed E-state index contributed by atoms with van der Waals surface area (Å²) in [6, 6.07) is 0. The minimum Gasteiger partial charge on any atom is -0.0654 e. The largest absolute Gasteiger partial charge is 0.0654 e. The van der Waals surface area contributed by atoms with E-state index >= 15 is 0 Å². The van der Waals surface area contributed by atoms with Gasteiger partial charge in [-0.15, -0.1) is 0 Å². The number of unbranched alkanes of at least 4 members (excludes halogenated alkanes) is 37. The van der Waals surface area contributed by atoms with Gasteiger partial charge in [-0.2, -0.15) is 0 Å². The summed E-state index contributed by atoms with van der Waals surface area (Å²) >= 11 is 0. The lowest BCUT2D eigenvalue weighted by Crippen LogP contribution is -2.12. The molecule has 0 aromatic rings. The molecule has 0 amide bonds. The number of rotatable bonds is 44. The summed E-state index contributed by atoms with van der Waals surface area (Å²) in [7, 11) is 0. The zero-order valence-corrected chi connectivity index (χ0v) is 35.6. The predicted octanol–water partition coefficient (Wildman–Crippen LogP) is 19.1. The Bertz CT molecular complexity index is 550. The molecular formula is C49H100. The average Bonchev–Trinajstić information content (AvgIpc) is 3.11. The Balaban J connectivity index is 4.05. The Labute approximate surface area is 314 Å². The highest BCUT2D eigenvalue weighted by atomic mass is 14.2. The van der Waals surface area contributed by atoms with Crippen LogP contribution >= 0.6 is 0 Å². The van der Waals surface area contributed by atoms with Gasteiger partial charge in [0.1, 0.15) is 0 Å². The summed E-state index contributed by atoms with van der Waals surface area (Å²) in [6.07, 6.45) is 63.6. The molecule has 49 heavy (non-hydrogen) atoms. The first-order valence-corrected chi connectivity index (χ1v) is 24.3. The van der Waals surface area contributed by atoms with Gasteiger partial charge in [0.25, 0.3) is 0 Å². The summed E-state index contributed by atoms with van der Waals surface area (Å²) in [4.78, 5) is 0. The minimum atomic E-state index is 0.951. The topological polar surface area (TPSA) is 0 Å². The molecule has 0 aliphatic rings. The lowest BCUT2D eigenvalue weighted by molar-refractivity contribution is 0.274. The van der Waals surface area contributed by atoms with Crippen LogP contribution in [0.3, 0.4) is 0 Å². The van der Waals surface area contributed by atoms with Gasteiger partial charge in [0.05, 0.1) is 0 Å². The van der Waals surface area contributed by atoms with E-state index in [1.807, 2.05) is 0 Å². The third-order valence-corrected chi connectivity index (χ3v) is 12.2. The minimum absolute atomic E-state index is 0.951. The van der Waals surface area contributed by atoms with Crippen molar-refractivity contribution in [3.05, 3.63) is 0 Å². The summed E-state index contributed by atoms with van der Waals surface area (Å²) in [5.74, 6) is 1.95. The van der Waals surface area contributed by atoms with Crippen LogP contribution in [0.4, 0.5) is 0 Å². The fourth-order valence-electron chi connectivity index (χ4n) is 8.46. The van der Waals surface area contributed by atoms with Crippen LogP contribution in [0.5, 0.6) is 0 Å². The van der Waals surface area contributed by atoms with Crippen molar-refractivity contribution in [2.75, 3.05) is 0 Å². The maximum absolute atomic E-state index is 2.64. The van der Waals surface area contributed by atoms with E-state index in [9.17, 15) is 0 Å². The van der Waals surface area contributed by atoms with Crippen LogP contribution in [0.1, 0.15) is 304 Å². The molecule has 0 N–H and O–H groups in total. The molecular weight excluding hydrogens is 589 g/mol. The highest BCUT2D eigenvalue weighted by Gasteiger charge is 2.16. The zero-order chi connectivity index (χ0) is 35.6. The molecule has 0 aromatic heterocycles. The second kappa shape index (κ2) is 44.2. The summed E-state index contributed by atoms with van der Waals surface area (Å²) in [6.45, 7) is 9.60. The molecule has 0 saturated carbocycles. The van der Waals surface area contributed by atoms with Gasteiger partial charge in [-0.1, -0.05) is 304 Å². The van der Waals surface area contributed by atoms with Crippen molar-refractivity contribution in [3.8, 4) is 0 Å². The SMILES string of the molecule is CCCCCCCCCCCCCCCCC(C)C(CCCCCCCCCCCCCC)CCCCCCCCCCCCCCCC. The summed E-state index contributed by atoms with van der Waals surface area (Å²) in [5, 5.41) is 0. The van der Waals surface area contributed by atoms with Gasteiger partial charge < -0.3 is 0 Å². The Hall–Kier alpha value is 0. The van der Waals surface area contributed by atoms with Crippen molar-refractivity contribution in [3.63, 3.8) is 0 Å². The molecule has 0 aliphatic heterocycles. The molecule has 0 heterocycles. The average molecular weight is 689 g/mol. The lowest BCUT2D eigenvalue weighted by atomic mass is 9.81. The first-order chi connectivity index (χ1) is 24.3. The van der Waals surface area contributed by atoms with Crippen LogP contribution in [0, 0.1) is 11.8 Å². The molecule has 0 aromatic carbocycles. The first kappa shape index (κ1) is 49.0. The summed E-state index contributed by atoms with van der Waals surface area (Å²) in [5.41, 5.74) is 0. The molecule has 2 atom stereocenters. The molecule has 296 valence electrons. The van der Waals surface area contributed by atoms with Crippen molar-refractivity contribution in [2.45, 2.75) is 304 Å². The van der Waals surface area contributed by atoms with Gasteiger partial charge in [-0.3, -0.25) is 0 Å². The normalized spacial score (nSPS) is 13.0. The van der Waals surface area contributed by atoms with E-state index in [2.05, 4.69) is 27.7 Å². The quantitative estimate of drug-likeness (QED) is 0.0559. The van der Waals surface area contributed by atoms with E-state index in [-0.39, 0.29) is 0 Å². The zero-order valence-electron chi connectivity index (χ0n) is 35.6. The highest BCUT2D eigenvalue weighted by molar-refractivity contribution is 4.68. The van der Waals surface area contributed by atoms with Gasteiger partial charge in [0.15, 0.2) is 0 Å². The predicted molar refractivity (Wildman–Crippen MR) is 228 cm³/mol. The van der Waals surface area contributed by atoms with Crippen molar-refractivity contribution >= 4 is 0 Å². The van der Waals surface area contributed by atoms with E-state index in [4.69, 9.17) is 0 Å². The Morgan fingerprint density at radius 3 is 0.571 bits per heavy atom. The molecule has 0 bridgehead atoms. The standard InChI is InChI=1S/C49H100/c1-5-8-11-14-17-20-23-26-28-30-33-36-39-42-45-48(4)49(46-43-40-37-34-31-25-22-19-16-13-10-7-3)47-44-41-38-35-32-29-27-24-21-18-15-12-9-6-2/h48-49H,5-47H2,1-4H3. The Morgan fingerprint density at radius 1 is 0.204 bits per heavy atom. The van der Waals surface area contributed by atoms with E-state index in [1.165, 1.54) is 276 Å². The van der Waals surface area contributed by atoms with Crippen molar-refractivity contribution in [1.82, 2.24) is 0 Å². The highest BCUT2D eigenvalue weighted by Crippen LogP contribution is 2.30. The molecule has 0 fully saturated rings. The van der Waals surface area contributed by atoms with Crippen molar-refractivity contribution < 1.29 is 0 Å². The Morgan fingerprint density at radius 2 is 0.367 bits per heavy atom. The summed E-state index contributed by atoms with van der Waals surface area (Å²) < 4.78 is 0. The van der Waals surface area contributed by atoms with Gasteiger partial charge >= 0.3 is 0 Å². The molecule has 0 radical (unpaired) electrons. The molecule has 2 unspecified atom stereocenters. The van der Waals surface area contributed by atoms with Crippen LogP contribution in [0.15, 0.2) is 0 Å². The molecule has 0 saturated heterocycles. The third kappa shape index (κ3) is 40.6. The van der Waals surface area contributed by atoms with Crippen LogP contribution in [0.2, 0.25) is 0 Å². The molecule has 0 spiro atoms. The van der Waals surface area contributed by atoms with Gasteiger partial charge in [0, 0.05) is 0 Å². The van der Waals surface area contributed by atoms with Gasteiger partial charge in [-0.05, 0) is 11.8 Å². The van der Waals surface area contributed by atoms with Crippen LogP contribution in [-0.4, -0.2) is 0 Å². The molecule has 0 nitrogen and oxygen atoms in total. The maximum Gasteiger partial charge on any atom is -0.0388 e. The van der Waals surface area contributed by atoms with E-state index in [1.54, 1.807) is 0 Å². The van der Waals surface area contributed by atoms with Gasteiger partial charge in [-0.25, -0.2) is 0 Å². The fourth-order valence-corrected chi connectivity index (χ4v) is 8.46. The lowest BCUT2D eigenvalue weighted by Gasteiger charge is -2.24. The second-order valence-corrected chi connectivity index (χ2v) is 17.2. The third-order valence-electron chi connectivity index (χ3n) is 12.2. The van der Waals surface area contributed by atoms with E-state index in [0.29, 0.717) is 0 Å². The van der Waals surface area contributed by atoms with Crippen molar-refractivity contribution in [1.29, 1.82) is 0 Å². The van der Waals surface area contributed by atoms with Crippen molar-refractivity contribution in [2.24, 2.45) is 11.8 Å². The fraction of sp³-hybridized carbons (Fsp3) is 1.00.